The number of non-ortho nitro benzene ring substituents is 1. The highest BCUT2D eigenvalue weighted by Gasteiger charge is 2.04. The number of hydrogen-bond donors (Lipinski definition) is 2. The van der Waals surface area contributed by atoms with Gasteiger partial charge in [0.05, 0.1) is 4.92 Å². The second-order valence-electron chi connectivity index (χ2n) is 2.81. The standard InChI is InChI=1S/C9H12N2O3/c12-6-2-5-10-8-3-1-4-9(7-8)11(13)14/h1,3-4,7,10,12H,2,5-6H2. The monoisotopic (exact) mass is 196 g/mol. The van der Waals surface area contributed by atoms with Crippen molar-refractivity contribution < 1.29 is 10.0 Å². The van der Waals surface area contributed by atoms with Crippen LogP contribution in [0.5, 0.6) is 0 Å². The van der Waals surface area contributed by atoms with Crippen molar-refractivity contribution in [3.05, 3.63) is 34.4 Å². The highest BCUT2D eigenvalue weighted by Crippen LogP contribution is 2.16. The second kappa shape index (κ2) is 5.18. The van der Waals surface area contributed by atoms with Crippen LogP contribution in [0.2, 0.25) is 0 Å². The molecule has 0 heterocycles. The van der Waals surface area contributed by atoms with Crippen LogP contribution in [-0.2, 0) is 0 Å². The maximum absolute atomic E-state index is 10.4. The Morgan fingerprint density at radius 2 is 2.29 bits per heavy atom. The van der Waals surface area contributed by atoms with E-state index < -0.39 is 4.92 Å². The van der Waals surface area contributed by atoms with Gasteiger partial charge in [-0.25, -0.2) is 0 Å². The fourth-order valence-electron chi connectivity index (χ4n) is 1.04. The van der Waals surface area contributed by atoms with Gasteiger partial charge in [-0.3, -0.25) is 10.1 Å². The van der Waals surface area contributed by atoms with E-state index in [2.05, 4.69) is 5.32 Å². The average molecular weight is 196 g/mol. The van der Waals surface area contributed by atoms with Gasteiger partial charge in [-0.05, 0) is 12.5 Å². The SMILES string of the molecule is O=[N+]([O-])c1cccc(NCCCO)c1. The number of rotatable bonds is 5. The molecule has 14 heavy (non-hydrogen) atoms. The number of aliphatic hydroxyl groups is 1. The molecule has 0 bridgehead atoms. The van der Waals surface area contributed by atoms with Crippen LogP contribution >= 0.6 is 0 Å². The molecule has 0 aliphatic heterocycles. The van der Waals surface area contributed by atoms with Crippen molar-refractivity contribution in [3.63, 3.8) is 0 Å². The number of nitro groups is 1. The molecular weight excluding hydrogens is 184 g/mol. The van der Waals surface area contributed by atoms with Crippen molar-refractivity contribution in [2.75, 3.05) is 18.5 Å². The lowest BCUT2D eigenvalue weighted by Crippen LogP contribution is -2.03. The van der Waals surface area contributed by atoms with Crippen LogP contribution in [0.25, 0.3) is 0 Å². The molecule has 0 saturated carbocycles. The molecule has 5 heteroatoms. The summed E-state index contributed by atoms with van der Waals surface area (Å²) in [6.07, 6.45) is 0.628. The lowest BCUT2D eigenvalue weighted by atomic mass is 10.3. The fraction of sp³-hybridized carbons (Fsp3) is 0.333. The molecule has 0 saturated heterocycles. The summed E-state index contributed by atoms with van der Waals surface area (Å²) in [5.74, 6) is 0. The number of aliphatic hydroxyl groups excluding tert-OH is 1. The topological polar surface area (TPSA) is 75.4 Å². The van der Waals surface area contributed by atoms with Crippen molar-refractivity contribution in [2.24, 2.45) is 0 Å². The van der Waals surface area contributed by atoms with Crippen molar-refractivity contribution in [2.45, 2.75) is 6.42 Å². The molecule has 0 unspecified atom stereocenters. The Labute approximate surface area is 81.5 Å². The molecule has 0 fully saturated rings. The quantitative estimate of drug-likeness (QED) is 0.424. The summed E-state index contributed by atoms with van der Waals surface area (Å²) < 4.78 is 0. The number of nitro benzene ring substituents is 1. The summed E-state index contributed by atoms with van der Waals surface area (Å²) >= 11 is 0. The first-order valence-corrected chi connectivity index (χ1v) is 4.33. The Morgan fingerprint density at radius 1 is 1.50 bits per heavy atom. The molecule has 1 rings (SSSR count). The van der Waals surface area contributed by atoms with E-state index in [0.29, 0.717) is 18.7 Å². The van der Waals surface area contributed by atoms with Crippen molar-refractivity contribution in [1.29, 1.82) is 0 Å². The number of nitrogens with one attached hydrogen (secondary N) is 1. The van der Waals surface area contributed by atoms with Crippen LogP contribution in [0.15, 0.2) is 24.3 Å². The normalized spacial score (nSPS) is 9.79. The Bertz CT molecular complexity index is 315. The molecule has 0 atom stereocenters. The minimum atomic E-state index is -0.433. The summed E-state index contributed by atoms with van der Waals surface area (Å²) in [5.41, 5.74) is 0.770. The zero-order valence-electron chi connectivity index (χ0n) is 7.64. The Hall–Kier alpha value is -1.62. The summed E-state index contributed by atoms with van der Waals surface area (Å²) in [7, 11) is 0. The molecular formula is C9H12N2O3. The van der Waals surface area contributed by atoms with E-state index in [4.69, 9.17) is 5.11 Å². The highest BCUT2D eigenvalue weighted by atomic mass is 16.6. The first kappa shape index (κ1) is 10.5. The van der Waals surface area contributed by atoms with Gasteiger partial charge in [-0.2, -0.15) is 0 Å². The van der Waals surface area contributed by atoms with Crippen molar-refractivity contribution >= 4 is 11.4 Å². The van der Waals surface area contributed by atoms with Gasteiger partial charge in [0, 0.05) is 31.0 Å². The molecule has 1 aromatic carbocycles. The van der Waals surface area contributed by atoms with E-state index in [9.17, 15) is 10.1 Å². The molecule has 5 nitrogen and oxygen atoms in total. The van der Waals surface area contributed by atoms with E-state index in [0.717, 1.165) is 0 Å². The second-order valence-corrected chi connectivity index (χ2v) is 2.81. The third-order valence-electron chi connectivity index (χ3n) is 1.72. The Morgan fingerprint density at radius 3 is 2.93 bits per heavy atom. The van der Waals surface area contributed by atoms with Gasteiger partial charge in [-0.15, -0.1) is 0 Å². The minimum Gasteiger partial charge on any atom is -0.396 e. The highest BCUT2D eigenvalue weighted by molar-refractivity contribution is 5.50. The number of anilines is 1. The minimum absolute atomic E-state index is 0.0685. The van der Waals surface area contributed by atoms with Gasteiger partial charge in [0.15, 0.2) is 0 Å². The summed E-state index contributed by atoms with van der Waals surface area (Å²) in [6, 6.07) is 6.29. The molecule has 0 spiro atoms. The first-order chi connectivity index (χ1) is 6.74. The maximum Gasteiger partial charge on any atom is 0.271 e. The fourth-order valence-corrected chi connectivity index (χ4v) is 1.04. The maximum atomic E-state index is 10.4. The van der Waals surface area contributed by atoms with E-state index in [-0.39, 0.29) is 12.3 Å². The van der Waals surface area contributed by atoms with Crippen LogP contribution in [-0.4, -0.2) is 23.2 Å². The Balaban J connectivity index is 2.59. The van der Waals surface area contributed by atoms with E-state index in [1.54, 1.807) is 12.1 Å². The van der Waals surface area contributed by atoms with E-state index in [1.165, 1.54) is 12.1 Å². The molecule has 0 amide bonds. The molecule has 0 aromatic heterocycles. The first-order valence-electron chi connectivity index (χ1n) is 4.33. The number of hydrogen-bond acceptors (Lipinski definition) is 4. The van der Waals surface area contributed by atoms with Crippen LogP contribution in [0, 0.1) is 10.1 Å². The van der Waals surface area contributed by atoms with Crippen molar-refractivity contribution in [3.8, 4) is 0 Å². The van der Waals surface area contributed by atoms with Crippen LogP contribution < -0.4 is 5.32 Å². The predicted molar refractivity (Wildman–Crippen MR) is 53.3 cm³/mol. The summed E-state index contributed by atoms with van der Waals surface area (Å²) in [5, 5.41) is 21.9. The van der Waals surface area contributed by atoms with Crippen molar-refractivity contribution in [1.82, 2.24) is 0 Å². The summed E-state index contributed by atoms with van der Waals surface area (Å²) in [6.45, 7) is 0.722. The molecule has 76 valence electrons. The van der Waals surface area contributed by atoms with Crippen LogP contribution in [0.3, 0.4) is 0 Å². The molecule has 0 aliphatic carbocycles. The van der Waals surface area contributed by atoms with E-state index >= 15 is 0 Å². The van der Waals surface area contributed by atoms with E-state index in [1.807, 2.05) is 0 Å². The van der Waals surface area contributed by atoms with Gasteiger partial charge in [0.25, 0.3) is 5.69 Å². The van der Waals surface area contributed by atoms with Gasteiger partial charge >= 0.3 is 0 Å². The molecule has 1 aromatic rings. The van der Waals surface area contributed by atoms with Gasteiger partial charge in [-0.1, -0.05) is 6.07 Å². The molecule has 0 aliphatic rings. The van der Waals surface area contributed by atoms with Gasteiger partial charge in [0.1, 0.15) is 0 Å². The summed E-state index contributed by atoms with van der Waals surface area (Å²) in [4.78, 5) is 9.99. The zero-order valence-corrected chi connectivity index (χ0v) is 7.64. The average Bonchev–Trinajstić information content (AvgIpc) is 2.19. The lowest BCUT2D eigenvalue weighted by Gasteiger charge is -2.03. The lowest BCUT2D eigenvalue weighted by molar-refractivity contribution is -0.384. The Kier molecular flexibility index (Phi) is 3.87. The smallest absolute Gasteiger partial charge is 0.271 e. The third-order valence-corrected chi connectivity index (χ3v) is 1.72. The van der Waals surface area contributed by atoms with Crippen LogP contribution in [0.4, 0.5) is 11.4 Å². The third kappa shape index (κ3) is 3.02. The largest absolute Gasteiger partial charge is 0.396 e. The molecule has 2 N–H and O–H groups in total. The zero-order chi connectivity index (χ0) is 10.4. The van der Waals surface area contributed by atoms with Gasteiger partial charge < -0.3 is 10.4 Å². The number of benzene rings is 1. The number of nitrogens with zero attached hydrogens (tertiary/aromatic N) is 1. The molecule has 0 radical (unpaired) electrons. The predicted octanol–water partition coefficient (Wildman–Crippen LogP) is 1.39. The van der Waals surface area contributed by atoms with Gasteiger partial charge in [0.2, 0.25) is 0 Å². The van der Waals surface area contributed by atoms with Crippen LogP contribution in [0.1, 0.15) is 6.42 Å².